The topological polar surface area (TPSA) is 24.9 Å². The van der Waals surface area contributed by atoms with Gasteiger partial charge in [-0.2, -0.15) is 0 Å². The molecule has 1 N–H and O–H groups in total. The van der Waals surface area contributed by atoms with Gasteiger partial charge in [0, 0.05) is 11.4 Å². The van der Waals surface area contributed by atoms with E-state index in [4.69, 9.17) is 4.98 Å². The van der Waals surface area contributed by atoms with Gasteiger partial charge in [0.2, 0.25) is 0 Å². The minimum atomic E-state index is 0.423. The van der Waals surface area contributed by atoms with Gasteiger partial charge in [-0.15, -0.1) is 0 Å². The van der Waals surface area contributed by atoms with Crippen LogP contribution in [0.1, 0.15) is 37.9 Å². The molecule has 0 saturated heterocycles. The fourth-order valence-corrected chi connectivity index (χ4v) is 2.52. The Morgan fingerprint density at radius 3 is 2.83 bits per heavy atom. The first-order valence-corrected chi connectivity index (χ1v) is 6.96. The summed E-state index contributed by atoms with van der Waals surface area (Å²) in [4.78, 5) is 4.81. The summed E-state index contributed by atoms with van der Waals surface area (Å²) < 4.78 is 0. The second-order valence-corrected chi connectivity index (χ2v) is 5.22. The first-order valence-electron chi connectivity index (χ1n) is 6.96. The highest BCUT2D eigenvalue weighted by Gasteiger charge is 2.26. The van der Waals surface area contributed by atoms with Crippen molar-refractivity contribution in [3.05, 3.63) is 42.1 Å². The third-order valence-corrected chi connectivity index (χ3v) is 3.69. The third-order valence-electron chi connectivity index (χ3n) is 3.69. The van der Waals surface area contributed by atoms with Crippen LogP contribution < -0.4 is 5.32 Å². The smallest absolute Gasteiger partial charge is 0.0706 e. The number of para-hydroxylation sites is 1. The van der Waals surface area contributed by atoms with Crippen molar-refractivity contribution in [1.82, 2.24) is 10.3 Å². The Balaban J connectivity index is 1.89. The number of hydrogen-bond acceptors (Lipinski definition) is 2. The fourth-order valence-electron chi connectivity index (χ4n) is 2.52. The number of pyridine rings is 1. The van der Waals surface area contributed by atoms with E-state index in [1.54, 1.807) is 0 Å². The maximum absolute atomic E-state index is 4.81. The van der Waals surface area contributed by atoms with Crippen LogP contribution in [0.5, 0.6) is 0 Å². The first kappa shape index (κ1) is 11.7. The second-order valence-electron chi connectivity index (χ2n) is 5.22. The van der Waals surface area contributed by atoms with Gasteiger partial charge in [0.1, 0.15) is 0 Å². The Morgan fingerprint density at radius 2 is 2.06 bits per heavy atom. The molecule has 0 bridgehead atoms. The van der Waals surface area contributed by atoms with E-state index in [0.717, 1.165) is 18.0 Å². The normalized spacial score (nSPS) is 16.9. The molecule has 1 heterocycles. The van der Waals surface area contributed by atoms with E-state index in [-0.39, 0.29) is 0 Å². The Hall–Kier alpha value is -1.41. The van der Waals surface area contributed by atoms with E-state index in [2.05, 4.69) is 48.6 Å². The van der Waals surface area contributed by atoms with Crippen molar-refractivity contribution in [1.29, 1.82) is 0 Å². The molecule has 3 rings (SSSR count). The molecule has 2 aromatic rings. The van der Waals surface area contributed by atoms with Gasteiger partial charge in [-0.3, -0.25) is 4.98 Å². The average Bonchev–Trinajstić information content (AvgIpc) is 3.22. The lowest BCUT2D eigenvalue weighted by atomic mass is 10.0. The predicted molar refractivity (Wildman–Crippen MR) is 75.5 cm³/mol. The molecule has 1 saturated carbocycles. The molecule has 18 heavy (non-hydrogen) atoms. The third kappa shape index (κ3) is 2.54. The minimum Gasteiger partial charge on any atom is -0.309 e. The zero-order chi connectivity index (χ0) is 12.4. The van der Waals surface area contributed by atoms with Gasteiger partial charge in [0.15, 0.2) is 0 Å². The number of benzene rings is 1. The Bertz CT molecular complexity index is 531. The molecular formula is C16H20N2. The molecule has 94 valence electrons. The number of aromatic nitrogens is 1. The molecule has 0 amide bonds. The van der Waals surface area contributed by atoms with Crippen LogP contribution in [0.25, 0.3) is 10.9 Å². The quantitative estimate of drug-likeness (QED) is 0.862. The van der Waals surface area contributed by atoms with Crippen LogP contribution in [0.15, 0.2) is 36.4 Å². The van der Waals surface area contributed by atoms with Gasteiger partial charge in [-0.1, -0.05) is 44.0 Å². The maximum Gasteiger partial charge on any atom is 0.0706 e. The lowest BCUT2D eigenvalue weighted by Crippen LogP contribution is -2.22. The molecule has 2 nitrogen and oxygen atoms in total. The Morgan fingerprint density at radius 1 is 1.22 bits per heavy atom. The lowest BCUT2D eigenvalue weighted by Gasteiger charge is -2.17. The number of hydrogen-bond donors (Lipinski definition) is 1. The summed E-state index contributed by atoms with van der Waals surface area (Å²) in [6.45, 7) is 3.17. The van der Waals surface area contributed by atoms with Crippen molar-refractivity contribution in [3.8, 4) is 0 Å². The second kappa shape index (κ2) is 5.07. The summed E-state index contributed by atoms with van der Waals surface area (Å²) in [7, 11) is 0. The summed E-state index contributed by atoms with van der Waals surface area (Å²) in [6, 6.07) is 13.1. The number of rotatable bonds is 5. The number of fused-ring (bicyclic) bond motifs is 1. The van der Waals surface area contributed by atoms with Crippen molar-refractivity contribution >= 4 is 10.9 Å². The summed E-state index contributed by atoms with van der Waals surface area (Å²) in [6.07, 6.45) is 4.03. The van der Waals surface area contributed by atoms with Crippen molar-refractivity contribution in [2.75, 3.05) is 6.54 Å². The van der Waals surface area contributed by atoms with E-state index in [1.807, 2.05) is 0 Å². The number of nitrogens with zero attached hydrogens (tertiary/aromatic N) is 1. The molecule has 1 aliphatic rings. The molecular weight excluding hydrogens is 220 g/mol. The van der Waals surface area contributed by atoms with Crippen LogP contribution in [-0.2, 0) is 0 Å². The Kier molecular flexibility index (Phi) is 3.28. The fraction of sp³-hybridized carbons (Fsp3) is 0.438. The summed E-state index contributed by atoms with van der Waals surface area (Å²) in [5, 5.41) is 4.80. The Labute approximate surface area is 108 Å². The largest absolute Gasteiger partial charge is 0.309 e. The van der Waals surface area contributed by atoms with Gasteiger partial charge < -0.3 is 5.32 Å². The van der Waals surface area contributed by atoms with E-state index in [0.29, 0.717) is 6.04 Å². The van der Waals surface area contributed by atoms with Crippen LogP contribution >= 0.6 is 0 Å². The zero-order valence-electron chi connectivity index (χ0n) is 10.9. The van der Waals surface area contributed by atoms with Gasteiger partial charge in [-0.25, -0.2) is 0 Å². The van der Waals surface area contributed by atoms with Crippen LogP contribution in [0.3, 0.4) is 0 Å². The monoisotopic (exact) mass is 240 g/mol. The van der Waals surface area contributed by atoms with Crippen molar-refractivity contribution in [2.24, 2.45) is 5.92 Å². The molecule has 1 aliphatic carbocycles. The molecule has 1 unspecified atom stereocenters. The molecule has 1 atom stereocenters. The van der Waals surface area contributed by atoms with Crippen molar-refractivity contribution < 1.29 is 0 Å². The molecule has 0 aliphatic heterocycles. The van der Waals surface area contributed by atoms with E-state index in [1.165, 1.54) is 30.3 Å². The van der Waals surface area contributed by atoms with Crippen molar-refractivity contribution in [3.63, 3.8) is 0 Å². The lowest BCUT2D eigenvalue weighted by molar-refractivity contribution is 0.478. The van der Waals surface area contributed by atoms with Crippen molar-refractivity contribution in [2.45, 2.75) is 32.2 Å². The molecule has 0 radical (unpaired) electrons. The van der Waals surface area contributed by atoms with E-state index < -0.39 is 0 Å². The maximum atomic E-state index is 4.81. The van der Waals surface area contributed by atoms with Crippen LogP contribution in [-0.4, -0.2) is 11.5 Å². The molecule has 2 heteroatoms. The van der Waals surface area contributed by atoms with Crippen LogP contribution in [0.4, 0.5) is 0 Å². The van der Waals surface area contributed by atoms with E-state index >= 15 is 0 Å². The summed E-state index contributed by atoms with van der Waals surface area (Å²) in [5.74, 6) is 0.919. The molecule has 1 aromatic carbocycles. The molecule has 1 fully saturated rings. The predicted octanol–water partition coefficient (Wildman–Crippen LogP) is 3.69. The average molecular weight is 240 g/mol. The highest BCUT2D eigenvalue weighted by atomic mass is 14.9. The summed E-state index contributed by atoms with van der Waals surface area (Å²) in [5.41, 5.74) is 2.30. The van der Waals surface area contributed by atoms with Gasteiger partial charge in [-0.05, 0) is 31.0 Å². The molecule has 0 spiro atoms. The van der Waals surface area contributed by atoms with Gasteiger partial charge in [0.05, 0.1) is 11.2 Å². The van der Waals surface area contributed by atoms with Gasteiger partial charge >= 0.3 is 0 Å². The highest BCUT2D eigenvalue weighted by Crippen LogP contribution is 2.37. The van der Waals surface area contributed by atoms with Crippen LogP contribution in [0, 0.1) is 5.92 Å². The highest BCUT2D eigenvalue weighted by molar-refractivity contribution is 5.78. The number of nitrogens with one attached hydrogen (secondary N) is 1. The SMILES string of the molecule is CCNC(CC1CC1)c1ccc2ccccc2n1. The standard InChI is InChI=1S/C16H20N2/c1-2-17-16(11-12-7-8-12)15-10-9-13-5-3-4-6-14(13)18-15/h3-6,9-10,12,16-17H,2,7-8,11H2,1H3. The zero-order valence-corrected chi connectivity index (χ0v) is 10.9. The van der Waals surface area contributed by atoms with Gasteiger partial charge in [0.25, 0.3) is 0 Å². The first-order chi connectivity index (χ1) is 8.86. The molecule has 1 aromatic heterocycles. The minimum absolute atomic E-state index is 0.423. The van der Waals surface area contributed by atoms with Crippen LogP contribution in [0.2, 0.25) is 0 Å². The van der Waals surface area contributed by atoms with E-state index in [9.17, 15) is 0 Å². The summed E-state index contributed by atoms with van der Waals surface area (Å²) >= 11 is 0.